The molecular formula is C15H15NO2. The van der Waals surface area contributed by atoms with Gasteiger partial charge in [0, 0.05) is 17.2 Å². The van der Waals surface area contributed by atoms with Crippen LogP contribution in [0.3, 0.4) is 0 Å². The number of nitrogens with zero attached hydrogens (tertiary/aromatic N) is 1. The van der Waals surface area contributed by atoms with E-state index in [4.69, 9.17) is 6.42 Å². The minimum Gasteiger partial charge on any atom is -0.300 e. The summed E-state index contributed by atoms with van der Waals surface area (Å²) < 4.78 is 0. The van der Waals surface area contributed by atoms with Crippen LogP contribution < -0.4 is 4.90 Å². The van der Waals surface area contributed by atoms with Crippen molar-refractivity contribution in [1.82, 2.24) is 0 Å². The number of carbonyl (C=O) groups excluding carboxylic acids is 2. The van der Waals surface area contributed by atoms with Gasteiger partial charge < -0.3 is 4.90 Å². The van der Waals surface area contributed by atoms with E-state index in [1.54, 1.807) is 11.0 Å². The summed E-state index contributed by atoms with van der Waals surface area (Å²) in [7, 11) is 0. The third-order valence-electron chi connectivity index (χ3n) is 3.07. The van der Waals surface area contributed by atoms with Crippen molar-refractivity contribution in [3.05, 3.63) is 29.3 Å². The van der Waals surface area contributed by atoms with Gasteiger partial charge in [-0.15, -0.1) is 6.42 Å². The van der Waals surface area contributed by atoms with Crippen LogP contribution in [-0.4, -0.2) is 18.2 Å². The minimum absolute atomic E-state index is 0.00269. The van der Waals surface area contributed by atoms with Gasteiger partial charge in [-0.05, 0) is 23.8 Å². The highest BCUT2D eigenvalue weighted by Crippen LogP contribution is 2.29. The first kappa shape index (κ1) is 12.4. The Morgan fingerprint density at radius 3 is 2.83 bits per heavy atom. The Morgan fingerprint density at radius 1 is 1.50 bits per heavy atom. The van der Waals surface area contributed by atoms with E-state index in [2.05, 4.69) is 5.92 Å². The molecule has 0 bridgehead atoms. The van der Waals surface area contributed by atoms with Crippen molar-refractivity contribution in [1.29, 1.82) is 0 Å². The second-order valence-electron chi connectivity index (χ2n) is 4.72. The first-order valence-electron chi connectivity index (χ1n) is 5.95. The molecule has 3 nitrogen and oxygen atoms in total. The van der Waals surface area contributed by atoms with E-state index in [1.807, 2.05) is 26.0 Å². The number of ketones is 1. The average molecular weight is 241 g/mol. The van der Waals surface area contributed by atoms with Gasteiger partial charge in [-0.25, -0.2) is 0 Å². The average Bonchev–Trinajstić information content (AvgIpc) is 2.64. The van der Waals surface area contributed by atoms with Gasteiger partial charge >= 0.3 is 0 Å². The summed E-state index contributed by atoms with van der Waals surface area (Å²) >= 11 is 0. The van der Waals surface area contributed by atoms with E-state index in [-0.39, 0.29) is 24.2 Å². The summed E-state index contributed by atoms with van der Waals surface area (Å²) in [5.41, 5.74) is 2.39. The second kappa shape index (κ2) is 4.66. The predicted molar refractivity (Wildman–Crippen MR) is 70.5 cm³/mol. The Bertz CT molecular complexity index is 552. The maximum atomic E-state index is 11.9. The molecule has 1 aromatic carbocycles. The molecule has 1 aliphatic rings. The fraction of sp³-hybridized carbons (Fsp3) is 0.333. The number of benzene rings is 1. The maximum absolute atomic E-state index is 11.9. The fourth-order valence-electron chi connectivity index (χ4n) is 2.13. The van der Waals surface area contributed by atoms with E-state index in [9.17, 15) is 9.59 Å². The van der Waals surface area contributed by atoms with Crippen molar-refractivity contribution < 1.29 is 9.59 Å². The summed E-state index contributed by atoms with van der Waals surface area (Å²) in [4.78, 5) is 25.3. The van der Waals surface area contributed by atoms with Crippen molar-refractivity contribution in [2.24, 2.45) is 5.92 Å². The Hall–Kier alpha value is -2.08. The number of amides is 1. The standard InChI is InChI=1S/C15H15NO2/c1-4-7-16-13-6-5-11(15(18)10(2)3)8-12(13)9-14(16)17/h1,5-6,8,10H,7,9H2,2-3H3. The molecular weight excluding hydrogens is 226 g/mol. The summed E-state index contributed by atoms with van der Waals surface area (Å²) in [6, 6.07) is 5.39. The van der Waals surface area contributed by atoms with Crippen LogP contribution in [0.5, 0.6) is 0 Å². The number of rotatable bonds is 3. The van der Waals surface area contributed by atoms with Crippen LogP contribution in [0.15, 0.2) is 18.2 Å². The number of fused-ring (bicyclic) bond motifs is 1. The van der Waals surface area contributed by atoms with Gasteiger partial charge in [-0.2, -0.15) is 0 Å². The largest absolute Gasteiger partial charge is 0.300 e. The monoisotopic (exact) mass is 241 g/mol. The van der Waals surface area contributed by atoms with Gasteiger partial charge in [0.15, 0.2) is 5.78 Å². The number of hydrogen-bond acceptors (Lipinski definition) is 2. The van der Waals surface area contributed by atoms with E-state index >= 15 is 0 Å². The van der Waals surface area contributed by atoms with Crippen molar-refractivity contribution in [2.45, 2.75) is 20.3 Å². The molecule has 0 N–H and O–H groups in total. The van der Waals surface area contributed by atoms with Crippen molar-refractivity contribution >= 4 is 17.4 Å². The highest BCUT2D eigenvalue weighted by Gasteiger charge is 2.27. The molecule has 0 aromatic heterocycles. The van der Waals surface area contributed by atoms with Crippen LogP contribution >= 0.6 is 0 Å². The minimum atomic E-state index is -0.0398. The molecule has 1 amide bonds. The SMILES string of the molecule is C#CCN1C(=O)Cc2cc(C(=O)C(C)C)ccc21. The zero-order valence-corrected chi connectivity index (χ0v) is 10.6. The number of carbonyl (C=O) groups is 2. The molecule has 0 aliphatic carbocycles. The predicted octanol–water partition coefficient (Wildman–Crippen LogP) is 2.05. The van der Waals surface area contributed by atoms with Crippen LogP contribution in [0.1, 0.15) is 29.8 Å². The van der Waals surface area contributed by atoms with Crippen molar-refractivity contribution in [2.75, 3.05) is 11.4 Å². The molecule has 3 heteroatoms. The number of hydrogen-bond donors (Lipinski definition) is 0. The first-order valence-corrected chi connectivity index (χ1v) is 5.95. The fourth-order valence-corrected chi connectivity index (χ4v) is 2.13. The molecule has 0 atom stereocenters. The normalized spacial score (nSPS) is 13.7. The van der Waals surface area contributed by atoms with E-state index < -0.39 is 0 Å². The van der Waals surface area contributed by atoms with E-state index in [0.29, 0.717) is 12.0 Å². The van der Waals surface area contributed by atoms with Gasteiger partial charge in [-0.1, -0.05) is 19.8 Å². The topological polar surface area (TPSA) is 37.4 Å². The molecule has 18 heavy (non-hydrogen) atoms. The van der Waals surface area contributed by atoms with Crippen LogP contribution in [-0.2, 0) is 11.2 Å². The van der Waals surface area contributed by atoms with E-state index in [0.717, 1.165) is 11.3 Å². The van der Waals surface area contributed by atoms with E-state index in [1.165, 1.54) is 0 Å². The molecule has 0 saturated carbocycles. The zero-order chi connectivity index (χ0) is 13.3. The smallest absolute Gasteiger partial charge is 0.232 e. The van der Waals surface area contributed by atoms with Crippen molar-refractivity contribution in [3.8, 4) is 12.3 Å². The lowest BCUT2D eigenvalue weighted by Gasteiger charge is -2.14. The molecule has 1 aliphatic heterocycles. The molecule has 0 unspecified atom stereocenters. The van der Waals surface area contributed by atoms with Crippen LogP contribution in [0, 0.1) is 18.3 Å². The molecule has 0 radical (unpaired) electrons. The summed E-state index contributed by atoms with van der Waals surface area (Å²) in [5, 5.41) is 0. The van der Waals surface area contributed by atoms with Gasteiger partial charge in [0.1, 0.15) is 0 Å². The Kier molecular flexibility index (Phi) is 3.20. The summed E-state index contributed by atoms with van der Waals surface area (Å²) in [6.07, 6.45) is 5.58. The molecule has 1 aromatic rings. The summed E-state index contributed by atoms with van der Waals surface area (Å²) in [6.45, 7) is 4.01. The lowest BCUT2D eigenvalue weighted by molar-refractivity contribution is -0.117. The molecule has 1 heterocycles. The molecule has 0 saturated heterocycles. The van der Waals surface area contributed by atoms with Crippen molar-refractivity contribution in [3.63, 3.8) is 0 Å². The molecule has 0 spiro atoms. The van der Waals surface area contributed by atoms with Gasteiger partial charge in [-0.3, -0.25) is 9.59 Å². The van der Waals surface area contributed by atoms with Crippen LogP contribution in [0.2, 0.25) is 0 Å². The quantitative estimate of drug-likeness (QED) is 0.600. The Labute approximate surface area is 107 Å². The van der Waals surface area contributed by atoms with Crippen LogP contribution in [0.25, 0.3) is 0 Å². The third kappa shape index (κ3) is 2.02. The molecule has 0 fully saturated rings. The second-order valence-corrected chi connectivity index (χ2v) is 4.72. The first-order chi connectivity index (χ1) is 8.54. The highest BCUT2D eigenvalue weighted by atomic mass is 16.2. The number of terminal acetylenes is 1. The lowest BCUT2D eigenvalue weighted by Crippen LogP contribution is -2.26. The number of Topliss-reactive ketones (excluding diaryl/α,β-unsaturated/α-hetero) is 1. The number of anilines is 1. The Morgan fingerprint density at radius 2 is 2.22 bits per heavy atom. The third-order valence-corrected chi connectivity index (χ3v) is 3.07. The maximum Gasteiger partial charge on any atom is 0.232 e. The molecule has 2 rings (SSSR count). The highest BCUT2D eigenvalue weighted by molar-refractivity contribution is 6.04. The lowest BCUT2D eigenvalue weighted by atomic mass is 9.98. The van der Waals surface area contributed by atoms with Crippen LogP contribution in [0.4, 0.5) is 5.69 Å². The van der Waals surface area contributed by atoms with Gasteiger partial charge in [0.25, 0.3) is 0 Å². The Balaban J connectivity index is 2.37. The molecule has 92 valence electrons. The zero-order valence-electron chi connectivity index (χ0n) is 10.6. The van der Waals surface area contributed by atoms with Gasteiger partial charge in [0.05, 0.1) is 13.0 Å². The summed E-state index contributed by atoms with van der Waals surface area (Å²) in [5.74, 6) is 2.53. The van der Waals surface area contributed by atoms with Gasteiger partial charge in [0.2, 0.25) is 5.91 Å².